The maximum Gasteiger partial charge on any atom is 0.491 e. The van der Waals surface area contributed by atoms with Gasteiger partial charge in [-0.05, 0) is 60.3 Å². The van der Waals surface area contributed by atoms with E-state index in [1.165, 1.54) is 6.42 Å². The van der Waals surface area contributed by atoms with Gasteiger partial charge in [0.05, 0.1) is 6.61 Å². The molecule has 0 atom stereocenters. The van der Waals surface area contributed by atoms with Gasteiger partial charge in [0.1, 0.15) is 0 Å². The van der Waals surface area contributed by atoms with Crippen LogP contribution in [0.2, 0.25) is 0 Å². The molecule has 6 heteroatoms. The molecule has 4 nitrogen and oxygen atoms in total. The largest absolute Gasteiger partial charge is 0.491 e. The van der Waals surface area contributed by atoms with Gasteiger partial charge in [0.25, 0.3) is 0 Å². The molecule has 1 saturated carbocycles. The van der Waals surface area contributed by atoms with E-state index in [1.54, 1.807) is 11.8 Å². The Hall–Kier alpha value is -1.76. The molecule has 0 radical (unpaired) electrons. The fourth-order valence-electron chi connectivity index (χ4n) is 3.61. The zero-order valence-electron chi connectivity index (χ0n) is 14.6. The Balaban J connectivity index is 1.38. The lowest BCUT2D eigenvalue weighted by Crippen LogP contribution is -2.27. The molecule has 2 aromatic rings. The van der Waals surface area contributed by atoms with Gasteiger partial charge >= 0.3 is 7.12 Å². The second kappa shape index (κ2) is 7.86. The maximum absolute atomic E-state index is 12.3. The number of fused-ring (bicyclic) bond motifs is 1. The minimum atomic E-state index is -0.817. The van der Waals surface area contributed by atoms with E-state index in [4.69, 9.17) is 4.65 Å². The molecule has 0 spiro atoms. The Morgan fingerprint density at radius 1 is 1.08 bits per heavy atom. The van der Waals surface area contributed by atoms with Crippen molar-refractivity contribution < 1.29 is 14.5 Å². The number of amides is 1. The first-order chi connectivity index (χ1) is 12.7. The van der Waals surface area contributed by atoms with Gasteiger partial charge in [0, 0.05) is 21.4 Å². The van der Waals surface area contributed by atoms with Gasteiger partial charge in [0.15, 0.2) is 0 Å². The summed E-state index contributed by atoms with van der Waals surface area (Å²) in [5, 5.41) is 12.9. The Bertz CT molecular complexity index is 790. The van der Waals surface area contributed by atoms with Gasteiger partial charge in [0.2, 0.25) is 5.91 Å². The highest BCUT2D eigenvalue weighted by Crippen LogP contribution is 2.30. The molecule has 4 rings (SSSR count). The van der Waals surface area contributed by atoms with Gasteiger partial charge in [-0.15, -0.1) is 0 Å². The van der Waals surface area contributed by atoms with Crippen molar-refractivity contribution >= 4 is 35.9 Å². The van der Waals surface area contributed by atoms with E-state index in [-0.39, 0.29) is 11.8 Å². The SMILES string of the molecule is O=C(Nc1ccc(Sc2ccc3c(c2)B(O)OC3)cc1)C1CCCCC1. The summed E-state index contributed by atoms with van der Waals surface area (Å²) in [6.45, 7) is 0.469. The quantitative estimate of drug-likeness (QED) is 0.812. The highest BCUT2D eigenvalue weighted by atomic mass is 32.2. The van der Waals surface area contributed by atoms with Crippen molar-refractivity contribution in [3.8, 4) is 0 Å². The molecule has 0 bridgehead atoms. The van der Waals surface area contributed by atoms with Crippen molar-refractivity contribution in [1.82, 2.24) is 0 Å². The lowest BCUT2D eigenvalue weighted by Gasteiger charge is -2.20. The van der Waals surface area contributed by atoms with E-state index < -0.39 is 7.12 Å². The average molecular weight is 367 g/mol. The number of anilines is 1. The van der Waals surface area contributed by atoms with Crippen LogP contribution in [0.4, 0.5) is 5.69 Å². The molecule has 1 aliphatic heterocycles. The molecule has 0 saturated heterocycles. The van der Waals surface area contributed by atoms with Gasteiger partial charge in [-0.3, -0.25) is 4.79 Å². The number of hydrogen-bond donors (Lipinski definition) is 2. The summed E-state index contributed by atoms with van der Waals surface area (Å²) < 4.78 is 5.24. The van der Waals surface area contributed by atoms with E-state index in [0.717, 1.165) is 52.2 Å². The average Bonchev–Trinajstić information content (AvgIpc) is 3.04. The summed E-state index contributed by atoms with van der Waals surface area (Å²) in [5.41, 5.74) is 2.75. The van der Waals surface area contributed by atoms with E-state index in [0.29, 0.717) is 6.61 Å². The van der Waals surface area contributed by atoms with E-state index in [1.807, 2.05) is 42.5 Å². The van der Waals surface area contributed by atoms with E-state index in [9.17, 15) is 9.82 Å². The van der Waals surface area contributed by atoms with Gasteiger partial charge in [-0.1, -0.05) is 37.1 Å². The zero-order valence-corrected chi connectivity index (χ0v) is 15.4. The number of rotatable bonds is 4. The molecule has 0 unspecified atom stereocenters. The second-order valence-corrected chi connectivity index (χ2v) is 8.12. The van der Waals surface area contributed by atoms with Crippen molar-refractivity contribution in [2.24, 2.45) is 5.92 Å². The molecule has 26 heavy (non-hydrogen) atoms. The number of benzene rings is 2. The molecule has 134 valence electrons. The van der Waals surface area contributed by atoms with Crippen LogP contribution in [0.25, 0.3) is 0 Å². The molecular weight excluding hydrogens is 345 g/mol. The molecule has 2 N–H and O–H groups in total. The number of nitrogens with one attached hydrogen (secondary N) is 1. The third kappa shape index (κ3) is 3.98. The molecule has 1 heterocycles. The molecule has 0 aromatic heterocycles. The third-order valence-electron chi connectivity index (χ3n) is 5.11. The van der Waals surface area contributed by atoms with Crippen molar-refractivity contribution in [3.63, 3.8) is 0 Å². The lowest BCUT2D eigenvalue weighted by atomic mass is 9.80. The zero-order chi connectivity index (χ0) is 17.9. The predicted octanol–water partition coefficient (Wildman–Crippen LogP) is 3.57. The molecule has 2 aliphatic rings. The predicted molar refractivity (Wildman–Crippen MR) is 105 cm³/mol. The van der Waals surface area contributed by atoms with Crippen LogP contribution in [0.3, 0.4) is 0 Å². The van der Waals surface area contributed by atoms with Crippen LogP contribution in [-0.4, -0.2) is 18.0 Å². The smallest absolute Gasteiger partial charge is 0.423 e. The van der Waals surface area contributed by atoms with Crippen molar-refractivity contribution in [2.75, 3.05) is 5.32 Å². The number of hydrogen-bond acceptors (Lipinski definition) is 4. The molecule has 1 fully saturated rings. The van der Waals surface area contributed by atoms with Gasteiger partial charge < -0.3 is 15.0 Å². The lowest BCUT2D eigenvalue weighted by molar-refractivity contribution is -0.120. The number of carbonyl (C=O) groups excluding carboxylic acids is 1. The van der Waals surface area contributed by atoms with Crippen LogP contribution < -0.4 is 10.8 Å². The normalized spacial score (nSPS) is 17.2. The van der Waals surface area contributed by atoms with Crippen LogP contribution >= 0.6 is 11.8 Å². The van der Waals surface area contributed by atoms with Crippen LogP contribution in [-0.2, 0) is 16.1 Å². The van der Waals surface area contributed by atoms with Crippen LogP contribution in [0.1, 0.15) is 37.7 Å². The Morgan fingerprint density at radius 2 is 1.81 bits per heavy atom. The molecule has 1 amide bonds. The minimum absolute atomic E-state index is 0.151. The highest BCUT2D eigenvalue weighted by molar-refractivity contribution is 7.99. The topological polar surface area (TPSA) is 58.6 Å². The van der Waals surface area contributed by atoms with Crippen molar-refractivity contribution in [3.05, 3.63) is 48.0 Å². The summed E-state index contributed by atoms with van der Waals surface area (Å²) in [7, 11) is -0.817. The van der Waals surface area contributed by atoms with Crippen LogP contribution in [0.15, 0.2) is 52.3 Å². The first-order valence-electron chi connectivity index (χ1n) is 9.20. The molecular formula is C20H22BNO3S. The second-order valence-electron chi connectivity index (χ2n) is 6.97. The van der Waals surface area contributed by atoms with Crippen molar-refractivity contribution in [1.29, 1.82) is 0 Å². The summed E-state index contributed by atoms with van der Waals surface area (Å²) in [6, 6.07) is 14.0. The standard InChI is InChI=1S/C20H22BNO3S/c23-20(14-4-2-1-3-5-14)22-16-7-10-17(11-8-16)26-18-9-6-15-13-25-21(24)19(15)12-18/h6-12,14,24H,1-5,13H2,(H,22,23). The summed E-state index contributed by atoms with van der Waals surface area (Å²) in [4.78, 5) is 14.5. The van der Waals surface area contributed by atoms with Crippen LogP contribution in [0.5, 0.6) is 0 Å². The van der Waals surface area contributed by atoms with Gasteiger partial charge in [-0.2, -0.15) is 0 Å². The monoisotopic (exact) mass is 367 g/mol. The Morgan fingerprint density at radius 3 is 2.58 bits per heavy atom. The first kappa shape index (κ1) is 17.6. The Kier molecular flexibility index (Phi) is 5.34. The van der Waals surface area contributed by atoms with Gasteiger partial charge in [-0.25, -0.2) is 0 Å². The Labute approximate surface area is 158 Å². The van der Waals surface area contributed by atoms with Crippen LogP contribution in [0, 0.1) is 5.92 Å². The van der Waals surface area contributed by atoms with Crippen molar-refractivity contribution in [2.45, 2.75) is 48.5 Å². The molecule has 1 aliphatic carbocycles. The van der Waals surface area contributed by atoms with E-state index >= 15 is 0 Å². The highest BCUT2D eigenvalue weighted by Gasteiger charge is 2.27. The fraction of sp³-hybridized carbons (Fsp3) is 0.350. The molecule has 2 aromatic carbocycles. The summed E-state index contributed by atoms with van der Waals surface area (Å²) in [5.74, 6) is 0.315. The summed E-state index contributed by atoms with van der Waals surface area (Å²) >= 11 is 1.63. The third-order valence-corrected chi connectivity index (χ3v) is 6.11. The summed E-state index contributed by atoms with van der Waals surface area (Å²) in [6.07, 6.45) is 5.59. The first-order valence-corrected chi connectivity index (χ1v) is 10.0. The minimum Gasteiger partial charge on any atom is -0.423 e. The fourth-order valence-corrected chi connectivity index (χ4v) is 4.47. The maximum atomic E-state index is 12.3. The number of carbonyl (C=O) groups is 1. The van der Waals surface area contributed by atoms with E-state index in [2.05, 4.69) is 5.32 Å².